The van der Waals surface area contributed by atoms with Crippen LogP contribution in [0.5, 0.6) is 0 Å². The second-order valence-corrected chi connectivity index (χ2v) is 3.95. The molecular formula is C15H17NO. The molecule has 2 rings (SSSR count). The third-order valence-corrected chi connectivity index (χ3v) is 2.63. The van der Waals surface area contributed by atoms with Crippen LogP contribution in [-0.4, -0.2) is 18.3 Å². The second-order valence-electron chi connectivity index (χ2n) is 3.95. The average molecular weight is 227 g/mol. The standard InChI is InChI=1S/C15H17NO/c17-11-5-10-16-15-9-4-8-14(12-15)13-6-2-1-3-7-13/h1-4,6-9,12,16-17H,5,10-11H2. The van der Waals surface area contributed by atoms with Crippen LogP contribution in [0.4, 0.5) is 5.69 Å². The van der Waals surface area contributed by atoms with Crippen molar-refractivity contribution in [3.05, 3.63) is 54.6 Å². The first-order valence-electron chi connectivity index (χ1n) is 5.90. The molecule has 0 spiro atoms. The Morgan fingerprint density at radius 3 is 2.41 bits per heavy atom. The third-order valence-electron chi connectivity index (χ3n) is 2.63. The Morgan fingerprint density at radius 1 is 0.882 bits per heavy atom. The Morgan fingerprint density at radius 2 is 1.65 bits per heavy atom. The summed E-state index contributed by atoms with van der Waals surface area (Å²) in [5.74, 6) is 0. The molecule has 0 heterocycles. The number of aliphatic hydroxyl groups is 1. The van der Waals surface area contributed by atoms with Crippen molar-refractivity contribution in [2.24, 2.45) is 0 Å². The Hall–Kier alpha value is -1.80. The van der Waals surface area contributed by atoms with E-state index in [4.69, 9.17) is 5.11 Å². The molecule has 17 heavy (non-hydrogen) atoms. The fourth-order valence-electron chi connectivity index (χ4n) is 1.75. The zero-order valence-corrected chi connectivity index (χ0v) is 9.76. The number of aliphatic hydroxyl groups excluding tert-OH is 1. The summed E-state index contributed by atoms with van der Waals surface area (Å²) in [6.45, 7) is 1.03. The summed E-state index contributed by atoms with van der Waals surface area (Å²) in [6, 6.07) is 18.6. The van der Waals surface area contributed by atoms with Crippen LogP contribution in [0.25, 0.3) is 11.1 Å². The highest BCUT2D eigenvalue weighted by Crippen LogP contribution is 2.22. The van der Waals surface area contributed by atoms with Gasteiger partial charge in [-0.05, 0) is 29.7 Å². The van der Waals surface area contributed by atoms with Gasteiger partial charge in [-0.2, -0.15) is 0 Å². The lowest BCUT2D eigenvalue weighted by atomic mass is 10.1. The maximum Gasteiger partial charge on any atom is 0.0447 e. The summed E-state index contributed by atoms with van der Waals surface area (Å²) in [6.07, 6.45) is 0.773. The van der Waals surface area contributed by atoms with Crippen molar-refractivity contribution in [1.29, 1.82) is 0 Å². The molecule has 0 aliphatic rings. The van der Waals surface area contributed by atoms with Crippen LogP contribution in [0.1, 0.15) is 6.42 Å². The molecule has 0 radical (unpaired) electrons. The van der Waals surface area contributed by atoms with Gasteiger partial charge < -0.3 is 10.4 Å². The van der Waals surface area contributed by atoms with E-state index in [0.717, 1.165) is 18.7 Å². The first kappa shape index (κ1) is 11.7. The van der Waals surface area contributed by atoms with Crippen molar-refractivity contribution in [2.75, 3.05) is 18.5 Å². The van der Waals surface area contributed by atoms with Gasteiger partial charge in [0.1, 0.15) is 0 Å². The molecule has 0 atom stereocenters. The fourth-order valence-corrected chi connectivity index (χ4v) is 1.75. The Labute approximate surface area is 102 Å². The summed E-state index contributed by atoms with van der Waals surface area (Å²) < 4.78 is 0. The van der Waals surface area contributed by atoms with Crippen LogP contribution in [-0.2, 0) is 0 Å². The Bertz CT molecular complexity index is 453. The van der Waals surface area contributed by atoms with Gasteiger partial charge in [-0.15, -0.1) is 0 Å². The smallest absolute Gasteiger partial charge is 0.0447 e. The molecule has 0 unspecified atom stereocenters. The summed E-state index contributed by atoms with van der Waals surface area (Å²) in [5.41, 5.74) is 3.53. The molecule has 2 nitrogen and oxygen atoms in total. The van der Waals surface area contributed by atoms with E-state index in [0.29, 0.717) is 0 Å². The van der Waals surface area contributed by atoms with Gasteiger partial charge in [0.25, 0.3) is 0 Å². The molecule has 0 saturated carbocycles. The van der Waals surface area contributed by atoms with Crippen molar-refractivity contribution in [1.82, 2.24) is 0 Å². The van der Waals surface area contributed by atoms with Crippen molar-refractivity contribution in [3.8, 4) is 11.1 Å². The molecule has 0 bridgehead atoms. The van der Waals surface area contributed by atoms with Gasteiger partial charge in [-0.25, -0.2) is 0 Å². The van der Waals surface area contributed by atoms with Crippen LogP contribution in [0.3, 0.4) is 0 Å². The lowest BCUT2D eigenvalue weighted by Gasteiger charge is -2.07. The minimum absolute atomic E-state index is 0.228. The van der Waals surface area contributed by atoms with E-state index in [1.165, 1.54) is 11.1 Å². The molecule has 0 saturated heterocycles. The Kier molecular flexibility index (Phi) is 4.17. The highest BCUT2D eigenvalue weighted by atomic mass is 16.3. The van der Waals surface area contributed by atoms with Crippen LogP contribution in [0, 0.1) is 0 Å². The molecule has 0 aromatic heterocycles. The van der Waals surface area contributed by atoms with Gasteiger partial charge in [-0.1, -0.05) is 42.5 Å². The normalized spacial score (nSPS) is 10.2. The number of hydrogen-bond donors (Lipinski definition) is 2. The summed E-state index contributed by atoms with van der Waals surface area (Å²) in [5, 5.41) is 12.0. The van der Waals surface area contributed by atoms with Crippen LogP contribution >= 0.6 is 0 Å². The van der Waals surface area contributed by atoms with Crippen molar-refractivity contribution >= 4 is 5.69 Å². The van der Waals surface area contributed by atoms with Gasteiger partial charge in [0, 0.05) is 18.8 Å². The molecule has 0 fully saturated rings. The van der Waals surface area contributed by atoms with Gasteiger partial charge in [0.15, 0.2) is 0 Å². The highest BCUT2D eigenvalue weighted by molar-refractivity contribution is 5.67. The number of hydrogen-bond acceptors (Lipinski definition) is 2. The molecule has 88 valence electrons. The molecule has 2 aromatic rings. The SMILES string of the molecule is OCCCNc1cccc(-c2ccccc2)c1. The summed E-state index contributed by atoms with van der Waals surface area (Å²) >= 11 is 0. The second kappa shape index (κ2) is 6.06. The minimum atomic E-state index is 0.228. The number of benzene rings is 2. The molecular weight excluding hydrogens is 210 g/mol. The predicted octanol–water partition coefficient (Wildman–Crippen LogP) is 3.15. The van der Waals surface area contributed by atoms with E-state index in [-0.39, 0.29) is 6.61 Å². The van der Waals surface area contributed by atoms with E-state index in [2.05, 4.69) is 29.6 Å². The Balaban J connectivity index is 2.12. The monoisotopic (exact) mass is 227 g/mol. The lowest BCUT2D eigenvalue weighted by molar-refractivity contribution is 0.292. The van der Waals surface area contributed by atoms with E-state index >= 15 is 0 Å². The zero-order chi connectivity index (χ0) is 11.9. The van der Waals surface area contributed by atoms with Crippen molar-refractivity contribution in [2.45, 2.75) is 6.42 Å². The zero-order valence-electron chi connectivity index (χ0n) is 9.76. The third kappa shape index (κ3) is 3.33. The molecule has 2 heteroatoms. The summed E-state index contributed by atoms with van der Waals surface area (Å²) in [4.78, 5) is 0. The van der Waals surface area contributed by atoms with E-state index in [1.54, 1.807) is 0 Å². The lowest BCUT2D eigenvalue weighted by Crippen LogP contribution is -2.03. The quantitative estimate of drug-likeness (QED) is 0.769. The van der Waals surface area contributed by atoms with E-state index < -0.39 is 0 Å². The minimum Gasteiger partial charge on any atom is -0.396 e. The molecule has 2 N–H and O–H groups in total. The van der Waals surface area contributed by atoms with Crippen LogP contribution in [0.2, 0.25) is 0 Å². The molecule has 0 amide bonds. The maximum absolute atomic E-state index is 8.74. The van der Waals surface area contributed by atoms with Crippen molar-refractivity contribution in [3.63, 3.8) is 0 Å². The number of anilines is 1. The number of rotatable bonds is 5. The van der Waals surface area contributed by atoms with Gasteiger partial charge in [0.05, 0.1) is 0 Å². The van der Waals surface area contributed by atoms with Crippen molar-refractivity contribution < 1.29 is 5.11 Å². The van der Waals surface area contributed by atoms with Crippen LogP contribution in [0.15, 0.2) is 54.6 Å². The molecule has 2 aromatic carbocycles. The fraction of sp³-hybridized carbons (Fsp3) is 0.200. The summed E-state index contributed by atoms with van der Waals surface area (Å²) in [7, 11) is 0. The van der Waals surface area contributed by atoms with Gasteiger partial charge in [0.2, 0.25) is 0 Å². The van der Waals surface area contributed by atoms with Gasteiger partial charge >= 0.3 is 0 Å². The van der Waals surface area contributed by atoms with E-state index in [1.807, 2.05) is 30.3 Å². The molecule has 0 aliphatic heterocycles. The largest absolute Gasteiger partial charge is 0.396 e. The molecule has 0 aliphatic carbocycles. The first-order valence-corrected chi connectivity index (χ1v) is 5.90. The van der Waals surface area contributed by atoms with E-state index in [9.17, 15) is 0 Å². The first-order chi connectivity index (χ1) is 8.40. The maximum atomic E-state index is 8.74. The predicted molar refractivity (Wildman–Crippen MR) is 72.1 cm³/mol. The van der Waals surface area contributed by atoms with Gasteiger partial charge in [-0.3, -0.25) is 0 Å². The average Bonchev–Trinajstić information content (AvgIpc) is 2.41. The van der Waals surface area contributed by atoms with Crippen LogP contribution < -0.4 is 5.32 Å². The highest BCUT2D eigenvalue weighted by Gasteiger charge is 1.97. The number of nitrogens with one attached hydrogen (secondary N) is 1. The topological polar surface area (TPSA) is 32.3 Å².